The number of hydrogen-bond acceptors (Lipinski definition) is 9. The van der Waals surface area contributed by atoms with Crippen LogP contribution in [0.1, 0.15) is 31.1 Å². The van der Waals surface area contributed by atoms with E-state index in [2.05, 4.69) is 30.5 Å². The molecule has 4 aromatic heterocycles. The highest BCUT2D eigenvalue weighted by Gasteiger charge is 2.48. The number of aromatic nitrogens is 6. The maximum absolute atomic E-state index is 12.4. The number of hydrogen-bond donors (Lipinski definition) is 2. The number of likely N-dealkylation sites (N-methyl/N-ethyl adjacent to an activating group) is 1. The van der Waals surface area contributed by atoms with Crippen LogP contribution in [-0.2, 0) is 10.4 Å². The van der Waals surface area contributed by atoms with E-state index in [4.69, 9.17) is 4.52 Å². The zero-order valence-corrected chi connectivity index (χ0v) is 18.4. The first kappa shape index (κ1) is 20.5. The predicted octanol–water partition coefficient (Wildman–Crippen LogP) is 2.52. The van der Waals surface area contributed by atoms with Gasteiger partial charge in [0.15, 0.2) is 11.6 Å². The molecule has 1 saturated carbocycles. The third-order valence-electron chi connectivity index (χ3n) is 6.13. The van der Waals surface area contributed by atoms with E-state index in [0.29, 0.717) is 47.1 Å². The Morgan fingerprint density at radius 2 is 1.91 bits per heavy atom. The molecule has 1 saturated heterocycles. The molecule has 6 rings (SSSR count). The Labute approximate surface area is 194 Å². The number of amides is 1. The van der Waals surface area contributed by atoms with Crippen LogP contribution >= 0.6 is 0 Å². The summed E-state index contributed by atoms with van der Waals surface area (Å²) in [6.07, 6.45) is 6.18. The third-order valence-corrected chi connectivity index (χ3v) is 6.13. The Balaban J connectivity index is 1.24. The second-order valence-corrected chi connectivity index (χ2v) is 8.62. The van der Waals surface area contributed by atoms with Gasteiger partial charge in [-0.05, 0) is 31.0 Å². The zero-order chi connectivity index (χ0) is 23.3. The third kappa shape index (κ3) is 3.59. The largest absolute Gasteiger partial charge is 0.373 e. The summed E-state index contributed by atoms with van der Waals surface area (Å²) in [4.78, 5) is 27.3. The van der Waals surface area contributed by atoms with Gasteiger partial charge in [-0.15, -0.1) is 0 Å². The Kier molecular flexibility index (Phi) is 4.66. The molecule has 1 aliphatic carbocycles. The van der Waals surface area contributed by atoms with Gasteiger partial charge < -0.3 is 19.8 Å². The maximum Gasteiger partial charge on any atom is 0.262 e. The summed E-state index contributed by atoms with van der Waals surface area (Å²) in [6.45, 7) is 0.448. The first-order valence-electron chi connectivity index (χ1n) is 11.1. The maximum atomic E-state index is 12.4. The van der Waals surface area contributed by atoms with E-state index in [1.807, 2.05) is 29.1 Å². The molecule has 4 aromatic rings. The molecule has 1 amide bonds. The van der Waals surface area contributed by atoms with Crippen LogP contribution in [0.4, 0.5) is 11.8 Å². The lowest BCUT2D eigenvalue weighted by molar-refractivity contribution is -0.144. The van der Waals surface area contributed by atoms with Crippen LogP contribution in [0.5, 0.6) is 0 Å². The van der Waals surface area contributed by atoms with E-state index < -0.39 is 11.5 Å². The number of nitrogens with zero attached hydrogens (tertiary/aromatic N) is 7. The van der Waals surface area contributed by atoms with Gasteiger partial charge in [0.25, 0.3) is 5.91 Å². The molecule has 172 valence electrons. The van der Waals surface area contributed by atoms with Crippen LogP contribution in [0, 0.1) is 0 Å². The highest BCUT2D eigenvalue weighted by molar-refractivity contribution is 5.87. The van der Waals surface area contributed by atoms with Crippen LogP contribution < -0.4 is 5.32 Å². The molecule has 2 fully saturated rings. The molecule has 11 nitrogen and oxygen atoms in total. The van der Waals surface area contributed by atoms with E-state index >= 15 is 0 Å². The lowest BCUT2D eigenvalue weighted by Gasteiger charge is -2.16. The number of pyridine rings is 1. The fraction of sp³-hybridized carbons (Fsp3) is 0.304. The van der Waals surface area contributed by atoms with Gasteiger partial charge in [-0.1, -0.05) is 11.2 Å². The summed E-state index contributed by atoms with van der Waals surface area (Å²) in [5.41, 5.74) is 0.497. The van der Waals surface area contributed by atoms with Crippen molar-refractivity contribution in [1.82, 2.24) is 34.8 Å². The number of carbonyl (C=O) groups is 1. The van der Waals surface area contributed by atoms with Crippen molar-refractivity contribution in [3.05, 3.63) is 54.6 Å². The van der Waals surface area contributed by atoms with Crippen LogP contribution in [0.2, 0.25) is 0 Å². The van der Waals surface area contributed by atoms with E-state index in [1.54, 1.807) is 31.4 Å². The Morgan fingerprint density at radius 3 is 2.68 bits per heavy atom. The van der Waals surface area contributed by atoms with Gasteiger partial charge in [0.2, 0.25) is 11.5 Å². The van der Waals surface area contributed by atoms with Gasteiger partial charge in [-0.25, -0.2) is 15.0 Å². The first-order chi connectivity index (χ1) is 16.5. The smallest absolute Gasteiger partial charge is 0.262 e. The quantitative estimate of drug-likeness (QED) is 0.447. The summed E-state index contributed by atoms with van der Waals surface area (Å²) in [5, 5.41) is 22.5. The fourth-order valence-electron chi connectivity index (χ4n) is 4.02. The van der Waals surface area contributed by atoms with E-state index in [-0.39, 0.29) is 12.2 Å². The Bertz CT molecular complexity index is 1380. The molecule has 2 N–H and O–H groups in total. The number of nitrogens with one attached hydrogen (secondary N) is 1. The van der Waals surface area contributed by atoms with E-state index in [9.17, 15) is 9.90 Å². The van der Waals surface area contributed by atoms with Crippen molar-refractivity contribution in [3.8, 4) is 22.8 Å². The van der Waals surface area contributed by atoms with Gasteiger partial charge >= 0.3 is 0 Å². The summed E-state index contributed by atoms with van der Waals surface area (Å²) in [6, 6.07) is 11.2. The van der Waals surface area contributed by atoms with Crippen LogP contribution in [0.25, 0.3) is 22.8 Å². The van der Waals surface area contributed by atoms with Gasteiger partial charge in [-0.2, -0.15) is 5.10 Å². The number of rotatable bonds is 6. The second kappa shape index (κ2) is 7.73. The SMILES string of the molecule is CN1CCC(O)(c2cc(-c3cccc(-c4ccnc(Nc5ccn(C6CC6)n5)n4)n3)no2)C1=O. The molecule has 0 radical (unpaired) electrons. The van der Waals surface area contributed by atoms with Crippen molar-refractivity contribution in [3.63, 3.8) is 0 Å². The monoisotopic (exact) mass is 458 g/mol. The summed E-state index contributed by atoms with van der Waals surface area (Å²) in [5.74, 6) is 0.814. The van der Waals surface area contributed by atoms with Crippen molar-refractivity contribution in [2.75, 3.05) is 18.9 Å². The number of carbonyl (C=O) groups excluding carboxylic acids is 1. The van der Waals surface area contributed by atoms with Crippen LogP contribution in [0.15, 0.2) is 53.3 Å². The molecule has 1 unspecified atom stereocenters. The van der Waals surface area contributed by atoms with Crippen molar-refractivity contribution >= 4 is 17.7 Å². The normalized spacial score (nSPS) is 20.2. The molecule has 1 aliphatic heterocycles. The van der Waals surface area contributed by atoms with Crippen molar-refractivity contribution in [1.29, 1.82) is 0 Å². The molecular weight excluding hydrogens is 436 g/mol. The Morgan fingerprint density at radius 1 is 1.12 bits per heavy atom. The summed E-state index contributed by atoms with van der Waals surface area (Å²) >= 11 is 0. The number of anilines is 2. The van der Waals surface area contributed by atoms with Gasteiger partial charge in [-0.3, -0.25) is 9.48 Å². The highest BCUT2D eigenvalue weighted by Crippen LogP contribution is 2.35. The average molecular weight is 458 g/mol. The number of likely N-dealkylation sites (tertiary alicyclic amines) is 1. The van der Waals surface area contributed by atoms with Crippen molar-refractivity contribution < 1.29 is 14.4 Å². The molecule has 0 aromatic carbocycles. The molecule has 34 heavy (non-hydrogen) atoms. The van der Waals surface area contributed by atoms with Crippen LogP contribution in [0.3, 0.4) is 0 Å². The second-order valence-electron chi connectivity index (χ2n) is 8.62. The topological polar surface area (TPSA) is 135 Å². The Hall–Kier alpha value is -4.12. The van der Waals surface area contributed by atoms with E-state index in [0.717, 1.165) is 12.8 Å². The minimum atomic E-state index is -1.70. The summed E-state index contributed by atoms with van der Waals surface area (Å²) < 4.78 is 7.30. The minimum Gasteiger partial charge on any atom is -0.373 e. The van der Waals surface area contributed by atoms with Crippen molar-refractivity contribution in [2.24, 2.45) is 0 Å². The molecule has 0 bridgehead atoms. The van der Waals surface area contributed by atoms with Gasteiger partial charge in [0.05, 0.1) is 23.1 Å². The lowest BCUT2D eigenvalue weighted by Crippen LogP contribution is -2.35. The van der Waals surface area contributed by atoms with Crippen LogP contribution in [-0.4, -0.2) is 59.4 Å². The summed E-state index contributed by atoms with van der Waals surface area (Å²) in [7, 11) is 1.65. The molecular formula is C23H22N8O3. The fourth-order valence-corrected chi connectivity index (χ4v) is 4.02. The van der Waals surface area contributed by atoms with E-state index in [1.165, 1.54) is 4.90 Å². The average Bonchev–Trinajstić information content (AvgIpc) is 3.28. The molecule has 5 heterocycles. The standard InChI is InChI=1S/C23H22N8O3/c1-30-12-9-23(33,21(30)32)19-13-18(29-34-19)16-4-2-3-15(25-16)17-7-10-24-22(26-17)27-20-8-11-31(28-20)14-5-6-14/h2-4,7-8,10-11,13-14,33H,5-6,9,12H2,1H3,(H,24,26,27,28). The predicted molar refractivity (Wildman–Crippen MR) is 121 cm³/mol. The van der Waals surface area contributed by atoms with Gasteiger partial charge in [0, 0.05) is 44.5 Å². The molecule has 0 spiro atoms. The molecule has 2 aliphatic rings. The zero-order valence-electron chi connectivity index (χ0n) is 18.4. The number of aliphatic hydroxyl groups is 1. The molecule has 1 atom stereocenters. The minimum absolute atomic E-state index is 0.114. The first-order valence-corrected chi connectivity index (χ1v) is 11.1. The molecule has 11 heteroatoms. The highest BCUT2D eigenvalue weighted by atomic mass is 16.5. The van der Waals surface area contributed by atoms with Crippen molar-refractivity contribution in [2.45, 2.75) is 30.9 Å². The lowest BCUT2D eigenvalue weighted by atomic mass is 9.98. The van der Waals surface area contributed by atoms with Gasteiger partial charge in [0.1, 0.15) is 5.69 Å².